The third-order valence-corrected chi connectivity index (χ3v) is 3.45. The Labute approximate surface area is 124 Å². The normalized spacial score (nSPS) is 13.5. The van der Waals surface area contributed by atoms with E-state index in [-0.39, 0.29) is 5.91 Å². The number of nitrogens with one attached hydrogen (secondary N) is 1. The van der Waals surface area contributed by atoms with Gasteiger partial charge in [-0.1, -0.05) is 18.1 Å². The fraction of sp³-hybridized carbons (Fsp3) is 0.222. The Morgan fingerprint density at radius 2 is 2.10 bits per heavy atom. The quantitative estimate of drug-likeness (QED) is 0.751. The number of rotatable bonds is 0. The molecule has 0 radical (unpaired) electrons. The van der Waals surface area contributed by atoms with Crippen molar-refractivity contribution in [3.05, 3.63) is 64.5 Å². The lowest BCUT2D eigenvalue weighted by molar-refractivity contribution is 0.0956. The molecule has 1 aliphatic heterocycles. The van der Waals surface area contributed by atoms with Gasteiger partial charge in [0.05, 0.1) is 11.3 Å². The fourth-order valence-electron chi connectivity index (χ4n) is 2.38. The van der Waals surface area contributed by atoms with Gasteiger partial charge in [-0.25, -0.2) is 4.98 Å². The number of benzene rings is 1. The summed E-state index contributed by atoms with van der Waals surface area (Å²) in [4.78, 5) is 16.4. The molecular formula is C18H16N2O. The average molecular weight is 276 g/mol. The topological polar surface area (TPSA) is 42.0 Å². The minimum atomic E-state index is -0.0341. The molecule has 2 aromatic rings. The van der Waals surface area contributed by atoms with Gasteiger partial charge in [0, 0.05) is 12.1 Å². The molecule has 1 aliphatic rings. The van der Waals surface area contributed by atoms with Crippen LogP contribution in [0.15, 0.2) is 36.4 Å². The molecule has 0 aliphatic carbocycles. The Hall–Kier alpha value is -2.60. The maximum absolute atomic E-state index is 11.8. The van der Waals surface area contributed by atoms with E-state index in [0.29, 0.717) is 17.8 Å². The van der Waals surface area contributed by atoms with Gasteiger partial charge in [-0.05, 0) is 55.5 Å². The van der Waals surface area contributed by atoms with Crippen LogP contribution in [0.5, 0.6) is 0 Å². The van der Waals surface area contributed by atoms with Crippen molar-refractivity contribution in [2.45, 2.75) is 19.8 Å². The summed E-state index contributed by atoms with van der Waals surface area (Å²) in [6.07, 6.45) is 1.73. The smallest absolute Gasteiger partial charge is 0.253 e. The summed E-state index contributed by atoms with van der Waals surface area (Å²) in [7, 11) is 0. The van der Waals surface area contributed by atoms with Crippen molar-refractivity contribution in [3.63, 3.8) is 0 Å². The molecule has 2 heterocycles. The fourth-order valence-corrected chi connectivity index (χ4v) is 2.38. The standard InChI is InChI=1S/C18H16N2O/c1-13-4-2-5-14(12-13)7-8-15-9-10-16-17(20-15)6-3-11-19-18(16)21/h2,4-5,9-10,12H,3,6,11H2,1H3,(H,19,21). The lowest BCUT2D eigenvalue weighted by Gasteiger charge is -2.03. The van der Waals surface area contributed by atoms with Crippen LogP contribution in [0.25, 0.3) is 0 Å². The SMILES string of the molecule is Cc1cccc(C#Cc2ccc3c(n2)CCCNC3=O)c1. The largest absolute Gasteiger partial charge is 0.352 e. The van der Waals surface area contributed by atoms with Gasteiger partial charge in [-0.3, -0.25) is 4.79 Å². The van der Waals surface area contributed by atoms with Crippen molar-refractivity contribution in [2.24, 2.45) is 0 Å². The van der Waals surface area contributed by atoms with Gasteiger partial charge in [0.2, 0.25) is 0 Å². The van der Waals surface area contributed by atoms with E-state index in [0.717, 1.165) is 24.1 Å². The van der Waals surface area contributed by atoms with E-state index in [1.165, 1.54) is 5.56 Å². The summed E-state index contributed by atoms with van der Waals surface area (Å²) in [6.45, 7) is 2.75. The van der Waals surface area contributed by atoms with Gasteiger partial charge in [-0.15, -0.1) is 0 Å². The van der Waals surface area contributed by atoms with Crippen molar-refractivity contribution < 1.29 is 4.79 Å². The molecule has 1 aromatic heterocycles. The molecule has 0 fully saturated rings. The first kappa shape index (κ1) is 13.4. The zero-order valence-electron chi connectivity index (χ0n) is 11.9. The number of pyridine rings is 1. The van der Waals surface area contributed by atoms with Crippen LogP contribution in [0.2, 0.25) is 0 Å². The summed E-state index contributed by atoms with van der Waals surface area (Å²) < 4.78 is 0. The maximum atomic E-state index is 11.8. The molecule has 21 heavy (non-hydrogen) atoms. The Morgan fingerprint density at radius 3 is 2.95 bits per heavy atom. The molecule has 0 spiro atoms. The molecule has 1 N–H and O–H groups in total. The zero-order valence-corrected chi connectivity index (χ0v) is 11.9. The van der Waals surface area contributed by atoms with E-state index in [2.05, 4.69) is 22.1 Å². The number of carbonyl (C=O) groups excluding carboxylic acids is 1. The van der Waals surface area contributed by atoms with E-state index in [9.17, 15) is 4.79 Å². The second-order valence-corrected chi connectivity index (χ2v) is 5.17. The van der Waals surface area contributed by atoms with Gasteiger partial charge in [0.15, 0.2) is 0 Å². The minimum Gasteiger partial charge on any atom is -0.352 e. The summed E-state index contributed by atoms with van der Waals surface area (Å²) in [6, 6.07) is 11.7. The maximum Gasteiger partial charge on any atom is 0.253 e. The predicted molar refractivity (Wildman–Crippen MR) is 82.1 cm³/mol. The lowest BCUT2D eigenvalue weighted by atomic mass is 10.1. The Bertz CT molecular complexity index is 753. The first-order chi connectivity index (χ1) is 10.2. The van der Waals surface area contributed by atoms with Crippen LogP contribution in [0.1, 0.15) is 39.3 Å². The Morgan fingerprint density at radius 1 is 1.19 bits per heavy atom. The second-order valence-electron chi connectivity index (χ2n) is 5.17. The van der Waals surface area contributed by atoms with E-state index in [1.807, 2.05) is 43.3 Å². The number of nitrogens with zero attached hydrogens (tertiary/aromatic N) is 1. The van der Waals surface area contributed by atoms with Crippen LogP contribution in [-0.4, -0.2) is 17.4 Å². The summed E-state index contributed by atoms with van der Waals surface area (Å²) in [5.74, 6) is 6.17. The molecule has 3 rings (SSSR count). The van der Waals surface area contributed by atoms with Gasteiger partial charge in [0.25, 0.3) is 5.91 Å². The monoisotopic (exact) mass is 276 g/mol. The predicted octanol–water partition coefficient (Wildman–Crippen LogP) is 2.47. The molecule has 3 heteroatoms. The highest BCUT2D eigenvalue weighted by molar-refractivity contribution is 5.95. The van der Waals surface area contributed by atoms with E-state index < -0.39 is 0 Å². The third kappa shape index (κ3) is 3.11. The number of amides is 1. The Balaban J connectivity index is 1.91. The van der Waals surface area contributed by atoms with Crippen LogP contribution in [0, 0.1) is 18.8 Å². The molecule has 0 saturated carbocycles. The first-order valence-electron chi connectivity index (χ1n) is 7.09. The Kier molecular flexibility index (Phi) is 3.70. The summed E-state index contributed by atoms with van der Waals surface area (Å²) in [5, 5.41) is 2.87. The van der Waals surface area contributed by atoms with E-state index >= 15 is 0 Å². The van der Waals surface area contributed by atoms with Gasteiger partial charge >= 0.3 is 0 Å². The third-order valence-electron chi connectivity index (χ3n) is 3.45. The molecule has 104 valence electrons. The number of hydrogen-bond donors (Lipinski definition) is 1. The molecule has 3 nitrogen and oxygen atoms in total. The average Bonchev–Trinajstić information content (AvgIpc) is 2.67. The highest BCUT2D eigenvalue weighted by Crippen LogP contribution is 2.13. The van der Waals surface area contributed by atoms with Crippen molar-refractivity contribution in [1.29, 1.82) is 0 Å². The molecular weight excluding hydrogens is 260 g/mol. The van der Waals surface area contributed by atoms with Crippen molar-refractivity contribution in [1.82, 2.24) is 10.3 Å². The molecule has 0 unspecified atom stereocenters. The van der Waals surface area contributed by atoms with Crippen molar-refractivity contribution in [3.8, 4) is 11.8 Å². The molecule has 1 amide bonds. The van der Waals surface area contributed by atoms with Crippen LogP contribution < -0.4 is 5.32 Å². The zero-order chi connectivity index (χ0) is 14.7. The number of fused-ring (bicyclic) bond motifs is 1. The number of aromatic nitrogens is 1. The van der Waals surface area contributed by atoms with Crippen LogP contribution in [0.3, 0.4) is 0 Å². The molecule has 0 saturated heterocycles. The second kappa shape index (κ2) is 5.80. The van der Waals surface area contributed by atoms with Crippen LogP contribution in [-0.2, 0) is 6.42 Å². The van der Waals surface area contributed by atoms with E-state index in [1.54, 1.807) is 0 Å². The van der Waals surface area contributed by atoms with Crippen molar-refractivity contribution in [2.75, 3.05) is 6.54 Å². The first-order valence-corrected chi connectivity index (χ1v) is 7.09. The number of aryl methyl sites for hydroxylation is 2. The lowest BCUT2D eigenvalue weighted by Crippen LogP contribution is -2.22. The van der Waals surface area contributed by atoms with Gasteiger partial charge in [-0.2, -0.15) is 0 Å². The molecule has 0 bridgehead atoms. The van der Waals surface area contributed by atoms with Crippen LogP contribution >= 0.6 is 0 Å². The summed E-state index contributed by atoms with van der Waals surface area (Å²) >= 11 is 0. The highest BCUT2D eigenvalue weighted by atomic mass is 16.1. The molecule has 0 atom stereocenters. The van der Waals surface area contributed by atoms with Crippen molar-refractivity contribution >= 4 is 5.91 Å². The minimum absolute atomic E-state index is 0.0341. The summed E-state index contributed by atoms with van der Waals surface area (Å²) in [5.41, 5.74) is 4.40. The van der Waals surface area contributed by atoms with Gasteiger partial charge < -0.3 is 5.32 Å². The van der Waals surface area contributed by atoms with E-state index in [4.69, 9.17) is 0 Å². The number of hydrogen-bond acceptors (Lipinski definition) is 2. The number of carbonyl (C=O) groups is 1. The van der Waals surface area contributed by atoms with Crippen LogP contribution in [0.4, 0.5) is 0 Å². The van der Waals surface area contributed by atoms with Gasteiger partial charge in [0.1, 0.15) is 5.69 Å². The highest BCUT2D eigenvalue weighted by Gasteiger charge is 2.15. The molecule has 1 aromatic carbocycles.